The van der Waals surface area contributed by atoms with Crippen molar-refractivity contribution in [2.24, 2.45) is 22.7 Å². The van der Waals surface area contributed by atoms with Gasteiger partial charge in [0.1, 0.15) is 11.0 Å². The third-order valence-corrected chi connectivity index (χ3v) is 5.89. The molecule has 2 heterocycles. The summed E-state index contributed by atoms with van der Waals surface area (Å²) >= 11 is 7.81. The Labute approximate surface area is 128 Å². The van der Waals surface area contributed by atoms with Gasteiger partial charge in [-0.1, -0.05) is 43.7 Å². The van der Waals surface area contributed by atoms with Crippen LogP contribution in [0.25, 0.3) is 0 Å². The van der Waals surface area contributed by atoms with Crippen molar-refractivity contribution < 1.29 is 4.39 Å². The molecule has 1 nitrogen and oxygen atoms in total. The zero-order valence-electron chi connectivity index (χ0n) is 11.5. The summed E-state index contributed by atoms with van der Waals surface area (Å²) in [6.07, 6.45) is 10.5. The highest BCUT2D eigenvalue weighted by molar-refractivity contribution is 8.04. The van der Waals surface area contributed by atoms with E-state index in [1.54, 1.807) is 24.0 Å². The average Bonchev–Trinajstić information content (AvgIpc) is 2.83. The van der Waals surface area contributed by atoms with Crippen molar-refractivity contribution in [1.82, 2.24) is 0 Å². The maximum Gasteiger partial charge on any atom is 0.120 e. The van der Waals surface area contributed by atoms with Crippen LogP contribution in [0.5, 0.6) is 0 Å². The topological polar surface area (TPSA) is 12.4 Å². The fraction of sp³-hybridized carbons (Fsp3) is 0.438. The monoisotopic (exact) mass is 309 g/mol. The molecule has 0 bridgehead atoms. The van der Waals surface area contributed by atoms with Crippen LogP contribution in [0.2, 0.25) is 0 Å². The van der Waals surface area contributed by atoms with Gasteiger partial charge in [0, 0.05) is 18.0 Å². The first-order chi connectivity index (χ1) is 9.56. The minimum Gasteiger partial charge on any atom is -0.248 e. The second-order valence-electron chi connectivity index (χ2n) is 5.65. The number of nitrogens with zero attached hydrogens (tertiary/aromatic N) is 1. The number of hydrogen-bond acceptors (Lipinski definition) is 2. The Morgan fingerprint density at radius 2 is 2.25 bits per heavy atom. The van der Waals surface area contributed by atoms with Crippen molar-refractivity contribution >= 4 is 28.5 Å². The largest absolute Gasteiger partial charge is 0.248 e. The van der Waals surface area contributed by atoms with Crippen LogP contribution in [0, 0.1) is 17.8 Å². The number of halogens is 2. The number of hydrogen-bond donors (Lipinski definition) is 0. The zero-order valence-corrected chi connectivity index (χ0v) is 13.1. The van der Waals surface area contributed by atoms with Crippen molar-refractivity contribution in [3.05, 3.63) is 46.8 Å². The maximum absolute atomic E-state index is 14.4. The molecule has 0 fully saturated rings. The maximum atomic E-state index is 14.4. The second kappa shape index (κ2) is 5.53. The van der Waals surface area contributed by atoms with E-state index < -0.39 is 0 Å². The van der Waals surface area contributed by atoms with Gasteiger partial charge in [-0.25, -0.2) is 9.38 Å². The van der Waals surface area contributed by atoms with Crippen LogP contribution in [-0.2, 0) is 0 Å². The van der Waals surface area contributed by atoms with Gasteiger partial charge in [-0.3, -0.25) is 0 Å². The van der Waals surface area contributed by atoms with E-state index in [1.165, 1.54) is 0 Å². The van der Waals surface area contributed by atoms with Crippen LogP contribution in [0.1, 0.15) is 20.3 Å². The van der Waals surface area contributed by atoms with Crippen LogP contribution in [0.3, 0.4) is 0 Å². The van der Waals surface area contributed by atoms with Crippen molar-refractivity contribution in [3.8, 4) is 0 Å². The first kappa shape index (κ1) is 14.2. The predicted molar refractivity (Wildman–Crippen MR) is 85.6 cm³/mol. The molecule has 3 atom stereocenters. The number of allylic oxidation sites excluding steroid dienone is 7. The SMILES string of the molecule is CC(C)C1=CCC(C2=CC3C=CN=C(Cl)C3S2)C(F)=C1. The lowest BCUT2D eigenvalue weighted by Crippen LogP contribution is -2.19. The Hall–Kier alpha value is -0.800. The summed E-state index contributed by atoms with van der Waals surface area (Å²) in [5, 5.41) is 0.757. The summed E-state index contributed by atoms with van der Waals surface area (Å²) in [7, 11) is 0. The molecule has 3 unspecified atom stereocenters. The van der Waals surface area contributed by atoms with Crippen molar-refractivity contribution in [1.29, 1.82) is 0 Å². The van der Waals surface area contributed by atoms with Crippen LogP contribution >= 0.6 is 23.4 Å². The molecule has 0 N–H and O–H groups in total. The molecule has 106 valence electrons. The van der Waals surface area contributed by atoms with E-state index in [1.807, 2.05) is 6.08 Å². The van der Waals surface area contributed by atoms with E-state index >= 15 is 0 Å². The molecule has 4 heteroatoms. The molecule has 1 aliphatic carbocycles. The first-order valence-corrected chi connectivity index (χ1v) is 8.17. The van der Waals surface area contributed by atoms with Crippen LogP contribution in [0.4, 0.5) is 4.39 Å². The van der Waals surface area contributed by atoms with E-state index in [2.05, 4.69) is 31.0 Å². The fourth-order valence-corrected chi connectivity index (χ4v) is 4.45. The van der Waals surface area contributed by atoms with Gasteiger partial charge in [0.15, 0.2) is 0 Å². The molecule has 3 rings (SSSR count). The average molecular weight is 310 g/mol. The van der Waals surface area contributed by atoms with E-state index in [9.17, 15) is 4.39 Å². The minimum atomic E-state index is -0.133. The van der Waals surface area contributed by atoms with E-state index in [0.29, 0.717) is 11.1 Å². The smallest absolute Gasteiger partial charge is 0.120 e. The lowest BCUT2D eigenvalue weighted by atomic mass is 9.89. The van der Waals surface area contributed by atoms with Gasteiger partial charge in [0.2, 0.25) is 0 Å². The Kier molecular flexibility index (Phi) is 3.91. The summed E-state index contributed by atoms with van der Waals surface area (Å²) < 4.78 is 14.4. The molecular weight excluding hydrogens is 293 g/mol. The second-order valence-corrected chi connectivity index (χ2v) is 7.26. The van der Waals surface area contributed by atoms with E-state index in [-0.39, 0.29) is 22.9 Å². The fourth-order valence-electron chi connectivity index (χ4n) is 2.73. The molecular formula is C16H17ClFNS. The van der Waals surface area contributed by atoms with Gasteiger partial charge >= 0.3 is 0 Å². The number of aliphatic imine (C=N–C) groups is 1. The summed E-state index contributed by atoms with van der Waals surface area (Å²) in [6, 6.07) is 0. The summed E-state index contributed by atoms with van der Waals surface area (Å²) in [6.45, 7) is 4.18. The lowest BCUT2D eigenvalue weighted by Gasteiger charge is -2.22. The molecule has 20 heavy (non-hydrogen) atoms. The Bertz CT molecular complexity index is 571. The van der Waals surface area contributed by atoms with Crippen molar-refractivity contribution in [2.75, 3.05) is 0 Å². The number of rotatable bonds is 2. The van der Waals surface area contributed by atoms with Crippen LogP contribution < -0.4 is 0 Å². The van der Waals surface area contributed by atoms with Crippen LogP contribution in [-0.4, -0.2) is 10.4 Å². The molecule has 0 aromatic carbocycles. The van der Waals surface area contributed by atoms with E-state index in [0.717, 1.165) is 16.9 Å². The standard InChI is InChI=1S/C16H17ClFNS/c1-9(2)10-3-4-12(13(18)7-10)14-8-11-5-6-19-16(17)15(11)20-14/h3,5-9,11-12,15H,4H2,1-2H3. The summed E-state index contributed by atoms with van der Waals surface area (Å²) in [4.78, 5) is 5.22. The Balaban J connectivity index is 1.79. The molecule has 0 aromatic heterocycles. The van der Waals surface area contributed by atoms with Crippen molar-refractivity contribution in [2.45, 2.75) is 25.5 Å². The quantitative estimate of drug-likeness (QED) is 0.681. The van der Waals surface area contributed by atoms with Gasteiger partial charge in [-0.05, 0) is 28.9 Å². The highest BCUT2D eigenvalue weighted by Gasteiger charge is 2.36. The molecule has 0 amide bonds. The Morgan fingerprint density at radius 1 is 1.45 bits per heavy atom. The zero-order chi connectivity index (χ0) is 14.3. The minimum absolute atomic E-state index is 0.0226. The number of fused-ring (bicyclic) bond motifs is 1. The van der Waals surface area contributed by atoms with Gasteiger partial charge in [0.25, 0.3) is 0 Å². The molecule has 2 aliphatic heterocycles. The normalized spacial score (nSPS) is 32.5. The molecule has 0 saturated heterocycles. The van der Waals surface area contributed by atoms with Gasteiger partial charge in [-0.15, -0.1) is 11.8 Å². The molecule has 0 radical (unpaired) electrons. The molecule has 0 aromatic rings. The van der Waals surface area contributed by atoms with E-state index in [4.69, 9.17) is 11.6 Å². The summed E-state index contributed by atoms with van der Waals surface area (Å²) in [5.74, 6) is 0.471. The Morgan fingerprint density at radius 3 is 2.90 bits per heavy atom. The van der Waals surface area contributed by atoms with Crippen molar-refractivity contribution in [3.63, 3.8) is 0 Å². The van der Waals surface area contributed by atoms with Crippen LogP contribution in [0.15, 0.2) is 51.8 Å². The highest BCUT2D eigenvalue weighted by Crippen LogP contribution is 2.48. The van der Waals surface area contributed by atoms with Gasteiger partial charge in [0.05, 0.1) is 5.25 Å². The lowest BCUT2D eigenvalue weighted by molar-refractivity contribution is 0.510. The highest BCUT2D eigenvalue weighted by atomic mass is 35.5. The molecule has 0 saturated carbocycles. The predicted octanol–water partition coefficient (Wildman–Crippen LogP) is 5.22. The molecule has 3 aliphatic rings. The molecule has 0 spiro atoms. The third kappa shape index (κ3) is 2.53. The third-order valence-electron chi connectivity index (χ3n) is 3.95. The summed E-state index contributed by atoms with van der Waals surface area (Å²) in [5.41, 5.74) is 1.10. The number of thioether (sulfide) groups is 1. The van der Waals surface area contributed by atoms with Gasteiger partial charge < -0.3 is 0 Å². The first-order valence-electron chi connectivity index (χ1n) is 6.91. The van der Waals surface area contributed by atoms with Gasteiger partial charge in [-0.2, -0.15) is 0 Å².